The quantitative estimate of drug-likeness (QED) is 0.0966. The van der Waals surface area contributed by atoms with Crippen molar-refractivity contribution in [1.82, 2.24) is 14.7 Å². The lowest BCUT2D eigenvalue weighted by atomic mass is 10.1. The van der Waals surface area contributed by atoms with Gasteiger partial charge in [0.25, 0.3) is 0 Å². The van der Waals surface area contributed by atoms with E-state index in [-0.39, 0.29) is 22.9 Å². The molecule has 2 amide bonds. The van der Waals surface area contributed by atoms with Crippen molar-refractivity contribution in [3.05, 3.63) is 82.4 Å². The Labute approximate surface area is 310 Å². The van der Waals surface area contributed by atoms with Crippen molar-refractivity contribution in [2.75, 3.05) is 62.2 Å². The Hall–Kier alpha value is -3.62. The number of hydrogen-bond donors (Lipinski definition) is 8. The fourth-order valence-corrected chi connectivity index (χ4v) is 7.49. The van der Waals surface area contributed by atoms with Gasteiger partial charge in [-0.25, -0.2) is 0 Å². The lowest BCUT2D eigenvalue weighted by molar-refractivity contribution is -0.115. The van der Waals surface area contributed by atoms with Gasteiger partial charge < -0.3 is 40.4 Å². The van der Waals surface area contributed by atoms with E-state index in [1.807, 2.05) is 44.2 Å². The van der Waals surface area contributed by atoms with Gasteiger partial charge in [0.2, 0.25) is 11.8 Å². The van der Waals surface area contributed by atoms with Gasteiger partial charge in [-0.1, -0.05) is 42.5 Å². The predicted octanol–water partition coefficient (Wildman–Crippen LogP) is 3.94. The van der Waals surface area contributed by atoms with E-state index >= 15 is 0 Å². The molecule has 17 heteroatoms. The van der Waals surface area contributed by atoms with Crippen LogP contribution in [0, 0.1) is 13.8 Å². The highest BCUT2D eigenvalue weighted by Crippen LogP contribution is 2.37. The Morgan fingerprint density at radius 2 is 0.962 bits per heavy atom. The molecule has 0 spiro atoms. The first-order chi connectivity index (χ1) is 24.9. The summed E-state index contributed by atoms with van der Waals surface area (Å²) < 4.78 is 22.7. The highest BCUT2D eigenvalue weighted by atomic mass is 31.2. The fraction of sp³-hybridized carbons (Fsp3) is 0.444. The van der Waals surface area contributed by atoms with Gasteiger partial charge in [0, 0.05) is 30.8 Å². The number of aryl methyl sites for hydroxylation is 2. The number of amides is 2. The van der Waals surface area contributed by atoms with Gasteiger partial charge in [0.05, 0.1) is 11.4 Å². The standard InChI is InChI=1S/C36H51N5O10P2/c1-26-17-29(35(44)31(19-26)37-33(42)24-52(46,47)48)22-40-13-6-11-39(21-28-9-4-3-5-10-28)12-7-14-41(16-8-15-40)23-30-18-27(2)20-32(36(30)45)38-34(43)25-53(49,50)51/h3-5,9-10,17-20,44-45H,6-8,11-16,21-25H2,1-2H3,(H,37,42)(H,38,43)(H2,46,47,48)(H2,49,50,51). The third kappa shape index (κ3) is 14.6. The molecule has 3 aromatic rings. The molecule has 0 bridgehead atoms. The van der Waals surface area contributed by atoms with Crippen LogP contribution in [0.1, 0.15) is 47.1 Å². The summed E-state index contributed by atoms with van der Waals surface area (Å²) in [7, 11) is -9.18. The smallest absolute Gasteiger partial charge is 0.334 e. The van der Waals surface area contributed by atoms with Crippen molar-refractivity contribution in [1.29, 1.82) is 0 Å². The van der Waals surface area contributed by atoms with Crippen LogP contribution in [0.15, 0.2) is 54.6 Å². The van der Waals surface area contributed by atoms with Crippen molar-refractivity contribution in [2.24, 2.45) is 0 Å². The number of benzene rings is 3. The Morgan fingerprint density at radius 3 is 1.32 bits per heavy atom. The normalized spacial score (nSPS) is 16.0. The van der Waals surface area contributed by atoms with Crippen LogP contribution in [0.5, 0.6) is 11.5 Å². The molecule has 1 heterocycles. The van der Waals surface area contributed by atoms with E-state index in [1.165, 1.54) is 5.56 Å². The number of aromatic hydroxyl groups is 2. The summed E-state index contributed by atoms with van der Waals surface area (Å²) in [6, 6.07) is 17.0. The Bertz CT molecular complexity index is 1710. The van der Waals surface area contributed by atoms with Crippen molar-refractivity contribution < 1.29 is 48.5 Å². The topological polar surface area (TPSA) is 223 Å². The maximum atomic E-state index is 12.3. The highest BCUT2D eigenvalue weighted by Gasteiger charge is 2.23. The van der Waals surface area contributed by atoms with Gasteiger partial charge in [-0.15, -0.1) is 0 Å². The Kier molecular flexibility index (Phi) is 15.2. The number of nitrogens with one attached hydrogen (secondary N) is 2. The van der Waals surface area contributed by atoms with Crippen LogP contribution in [-0.2, 0) is 38.4 Å². The van der Waals surface area contributed by atoms with Crippen LogP contribution < -0.4 is 10.6 Å². The molecule has 3 aromatic carbocycles. The average Bonchev–Trinajstić information content (AvgIpc) is 3.03. The first-order valence-corrected chi connectivity index (χ1v) is 21.1. The molecule has 0 atom stereocenters. The average molecular weight is 776 g/mol. The van der Waals surface area contributed by atoms with E-state index in [2.05, 4.69) is 37.5 Å². The molecule has 1 aliphatic heterocycles. The zero-order valence-electron chi connectivity index (χ0n) is 30.1. The first kappa shape index (κ1) is 42.1. The number of rotatable bonds is 12. The molecule has 0 saturated carbocycles. The number of anilines is 2. The van der Waals surface area contributed by atoms with Crippen LogP contribution in [0.2, 0.25) is 0 Å². The molecule has 1 saturated heterocycles. The summed E-state index contributed by atoms with van der Waals surface area (Å²) in [4.78, 5) is 68.3. The molecular weight excluding hydrogens is 724 g/mol. The van der Waals surface area contributed by atoms with Gasteiger partial charge in [0.1, 0.15) is 23.8 Å². The summed E-state index contributed by atoms with van der Waals surface area (Å²) >= 11 is 0. The van der Waals surface area contributed by atoms with E-state index in [4.69, 9.17) is 0 Å². The molecule has 1 fully saturated rings. The zero-order valence-corrected chi connectivity index (χ0v) is 31.9. The molecule has 0 aromatic heterocycles. The van der Waals surface area contributed by atoms with Crippen LogP contribution in [0.3, 0.4) is 0 Å². The molecule has 4 rings (SSSR count). The lowest BCUT2D eigenvalue weighted by Crippen LogP contribution is -2.36. The van der Waals surface area contributed by atoms with Gasteiger partial charge in [-0.05, 0) is 101 Å². The van der Waals surface area contributed by atoms with Crippen molar-refractivity contribution in [3.63, 3.8) is 0 Å². The molecule has 0 radical (unpaired) electrons. The van der Waals surface area contributed by atoms with Crippen LogP contribution in [0.25, 0.3) is 0 Å². The number of carbonyl (C=O) groups is 2. The Balaban J connectivity index is 1.54. The number of nitrogens with zero attached hydrogens (tertiary/aromatic N) is 3. The molecule has 0 aliphatic carbocycles. The summed E-state index contributed by atoms with van der Waals surface area (Å²) in [6.07, 6.45) is 0.478. The summed E-state index contributed by atoms with van der Waals surface area (Å²) in [5.41, 5.74) is 4.03. The molecular formula is C36H51N5O10P2. The van der Waals surface area contributed by atoms with E-state index in [9.17, 15) is 48.5 Å². The second-order valence-corrected chi connectivity index (χ2v) is 17.0. The van der Waals surface area contributed by atoms with Crippen LogP contribution >= 0.6 is 15.2 Å². The maximum absolute atomic E-state index is 12.3. The number of phenolic OH excluding ortho intramolecular Hbond substituents is 2. The van der Waals surface area contributed by atoms with Crippen molar-refractivity contribution >= 4 is 38.4 Å². The van der Waals surface area contributed by atoms with E-state index < -0.39 is 39.3 Å². The van der Waals surface area contributed by atoms with E-state index in [0.29, 0.717) is 37.3 Å². The first-order valence-electron chi connectivity index (χ1n) is 17.5. The van der Waals surface area contributed by atoms with Crippen LogP contribution in [0.4, 0.5) is 11.4 Å². The SMILES string of the molecule is Cc1cc(CN2CCCN(Cc3ccccc3)CCCN(Cc3cc(C)cc(NC(=O)CP(=O)(O)O)c3O)CCC2)c(O)c(NC(=O)CP(=O)(O)O)c1. The Morgan fingerprint density at radius 1 is 0.604 bits per heavy atom. The van der Waals surface area contributed by atoms with Crippen molar-refractivity contribution in [2.45, 2.75) is 52.7 Å². The molecule has 8 N–H and O–H groups in total. The molecule has 15 nitrogen and oxygen atoms in total. The zero-order chi connectivity index (χ0) is 38.8. The van der Waals surface area contributed by atoms with E-state index in [0.717, 1.165) is 63.1 Å². The monoisotopic (exact) mass is 775 g/mol. The minimum Gasteiger partial charge on any atom is -0.505 e. The minimum absolute atomic E-state index is 0.0864. The third-order valence-electron chi connectivity index (χ3n) is 8.80. The lowest BCUT2D eigenvalue weighted by Gasteiger charge is -2.31. The maximum Gasteiger partial charge on any atom is 0.334 e. The minimum atomic E-state index is -4.59. The molecule has 1 aliphatic rings. The molecule has 290 valence electrons. The second-order valence-electron chi connectivity index (χ2n) is 13.8. The highest BCUT2D eigenvalue weighted by molar-refractivity contribution is 7.53. The van der Waals surface area contributed by atoms with Gasteiger partial charge in [0.15, 0.2) is 0 Å². The van der Waals surface area contributed by atoms with Crippen LogP contribution in [-0.4, -0.2) is 108 Å². The number of carbonyl (C=O) groups excluding carboxylic acids is 2. The largest absolute Gasteiger partial charge is 0.505 e. The fourth-order valence-electron chi connectivity index (χ4n) is 6.58. The summed E-state index contributed by atoms with van der Waals surface area (Å²) in [5.74, 6) is -2.12. The van der Waals surface area contributed by atoms with Crippen molar-refractivity contribution in [3.8, 4) is 11.5 Å². The third-order valence-corrected chi connectivity index (χ3v) is 10.2. The van der Waals surface area contributed by atoms with E-state index in [1.54, 1.807) is 12.1 Å². The molecule has 0 unspecified atom stereocenters. The summed E-state index contributed by atoms with van der Waals surface area (Å²) in [6.45, 7) is 9.53. The van der Waals surface area contributed by atoms with Gasteiger partial charge in [-0.2, -0.15) is 0 Å². The van der Waals surface area contributed by atoms with Gasteiger partial charge in [-0.3, -0.25) is 33.4 Å². The summed E-state index contributed by atoms with van der Waals surface area (Å²) in [5, 5.41) is 27.2. The van der Waals surface area contributed by atoms with Gasteiger partial charge >= 0.3 is 15.2 Å². The molecule has 53 heavy (non-hydrogen) atoms. The number of phenols is 2. The second kappa shape index (κ2) is 19.1. The predicted molar refractivity (Wildman–Crippen MR) is 203 cm³/mol. The number of hydrogen-bond acceptors (Lipinski definition) is 9.